The first kappa shape index (κ1) is 18.7. The third-order valence-electron chi connectivity index (χ3n) is 4.67. The Bertz CT molecular complexity index is 496. The molecule has 1 N–H and O–H groups in total. The molecule has 0 aromatic heterocycles. The summed E-state index contributed by atoms with van der Waals surface area (Å²) in [4.78, 5) is 16.2. The van der Waals surface area contributed by atoms with E-state index in [2.05, 4.69) is 23.6 Å². The average Bonchev–Trinajstić information content (AvgIpc) is 2.60. The van der Waals surface area contributed by atoms with Gasteiger partial charge in [-0.15, -0.1) is 0 Å². The lowest BCUT2D eigenvalue weighted by atomic mass is 10.0. The lowest BCUT2D eigenvalue weighted by Gasteiger charge is -2.37. The number of hydrogen-bond acceptors (Lipinski definition) is 4. The van der Waals surface area contributed by atoms with Gasteiger partial charge in [0.15, 0.2) is 0 Å². The molecule has 1 aromatic rings. The Balaban J connectivity index is 1.97. The van der Waals surface area contributed by atoms with Gasteiger partial charge >= 0.3 is 5.97 Å². The molecule has 5 nitrogen and oxygen atoms in total. The summed E-state index contributed by atoms with van der Waals surface area (Å²) < 4.78 is 5.71. The largest absolute Gasteiger partial charge is 0.494 e. The van der Waals surface area contributed by atoms with Crippen LogP contribution in [0.25, 0.3) is 0 Å². The normalized spacial score (nSPS) is 17.6. The predicted molar refractivity (Wildman–Crippen MR) is 95.5 cm³/mol. The third-order valence-corrected chi connectivity index (χ3v) is 4.67. The molecule has 1 atom stereocenters. The van der Waals surface area contributed by atoms with Crippen molar-refractivity contribution in [1.29, 1.82) is 0 Å². The lowest BCUT2D eigenvalue weighted by molar-refractivity contribution is -0.144. The smallest absolute Gasteiger partial charge is 0.325 e. The number of carbonyl (C=O) groups is 1. The van der Waals surface area contributed by atoms with Crippen molar-refractivity contribution < 1.29 is 14.6 Å². The number of hydrogen-bond donors (Lipinski definition) is 1. The van der Waals surface area contributed by atoms with Gasteiger partial charge in [0, 0.05) is 26.2 Å². The highest BCUT2D eigenvalue weighted by Gasteiger charge is 2.29. The molecule has 1 aromatic carbocycles. The number of ether oxygens (including phenoxy) is 1. The second kappa shape index (κ2) is 9.64. The van der Waals surface area contributed by atoms with Gasteiger partial charge in [-0.2, -0.15) is 0 Å². The van der Waals surface area contributed by atoms with E-state index in [1.54, 1.807) is 0 Å². The molecule has 134 valence electrons. The monoisotopic (exact) mass is 334 g/mol. The molecule has 0 bridgehead atoms. The van der Waals surface area contributed by atoms with E-state index in [-0.39, 0.29) is 0 Å². The van der Waals surface area contributed by atoms with Crippen molar-refractivity contribution >= 4 is 5.97 Å². The summed E-state index contributed by atoms with van der Waals surface area (Å²) in [5.41, 5.74) is 0.827. The molecule has 1 heterocycles. The van der Waals surface area contributed by atoms with Gasteiger partial charge in [-0.05, 0) is 30.7 Å². The van der Waals surface area contributed by atoms with E-state index in [1.807, 2.05) is 24.3 Å². The van der Waals surface area contributed by atoms with E-state index >= 15 is 0 Å². The molecule has 24 heavy (non-hydrogen) atoms. The van der Waals surface area contributed by atoms with Gasteiger partial charge in [-0.25, -0.2) is 0 Å². The minimum absolute atomic E-state index is 0.571. The summed E-state index contributed by atoms with van der Waals surface area (Å²) in [6.45, 7) is 9.49. The molecule has 5 heteroatoms. The van der Waals surface area contributed by atoms with Crippen LogP contribution in [0.3, 0.4) is 0 Å². The Morgan fingerprint density at radius 2 is 1.79 bits per heavy atom. The minimum atomic E-state index is -0.781. The maximum absolute atomic E-state index is 11.8. The second-order valence-corrected chi connectivity index (χ2v) is 6.34. The Morgan fingerprint density at radius 1 is 1.12 bits per heavy atom. The fourth-order valence-corrected chi connectivity index (χ4v) is 3.14. The van der Waals surface area contributed by atoms with Crippen molar-refractivity contribution in [2.45, 2.75) is 39.2 Å². The highest BCUT2D eigenvalue weighted by Crippen LogP contribution is 2.25. The molecule has 0 spiro atoms. The van der Waals surface area contributed by atoms with Crippen LogP contribution in [0.5, 0.6) is 5.75 Å². The van der Waals surface area contributed by atoms with E-state index in [1.165, 1.54) is 12.8 Å². The first-order valence-corrected chi connectivity index (χ1v) is 9.07. The molecule has 2 rings (SSSR count). The van der Waals surface area contributed by atoms with E-state index in [0.29, 0.717) is 6.61 Å². The summed E-state index contributed by atoms with van der Waals surface area (Å²) in [7, 11) is 0. The molecule has 0 amide bonds. The fraction of sp³-hybridized carbons (Fsp3) is 0.632. The Labute approximate surface area is 145 Å². The van der Waals surface area contributed by atoms with E-state index < -0.39 is 12.0 Å². The van der Waals surface area contributed by atoms with Crippen LogP contribution in [0.2, 0.25) is 0 Å². The van der Waals surface area contributed by atoms with Crippen LogP contribution >= 0.6 is 0 Å². The summed E-state index contributed by atoms with van der Waals surface area (Å²) in [5, 5.41) is 9.69. The molecule has 0 radical (unpaired) electrons. The first-order valence-electron chi connectivity index (χ1n) is 9.07. The van der Waals surface area contributed by atoms with Crippen LogP contribution in [0.1, 0.15) is 44.7 Å². The SMILES string of the molecule is CCCCCOc1ccc(C(C(=O)O)N2CCN(CC)CC2)cc1. The number of nitrogens with zero attached hydrogens (tertiary/aromatic N) is 2. The summed E-state index contributed by atoms with van der Waals surface area (Å²) >= 11 is 0. The van der Waals surface area contributed by atoms with Crippen LogP contribution < -0.4 is 4.74 Å². The van der Waals surface area contributed by atoms with Gasteiger partial charge in [-0.1, -0.05) is 38.8 Å². The predicted octanol–water partition coefficient (Wildman–Crippen LogP) is 3.02. The van der Waals surface area contributed by atoms with Crippen LogP contribution in [0.4, 0.5) is 0 Å². The van der Waals surface area contributed by atoms with Crippen LogP contribution in [0.15, 0.2) is 24.3 Å². The standard InChI is InChI=1S/C19H30N2O3/c1-3-5-6-15-24-17-9-7-16(8-10-17)18(19(22)23)21-13-11-20(4-2)12-14-21/h7-10,18H,3-6,11-15H2,1-2H3,(H,22,23). The van der Waals surface area contributed by atoms with E-state index in [4.69, 9.17) is 4.74 Å². The Hall–Kier alpha value is -1.59. The van der Waals surface area contributed by atoms with Crippen LogP contribution in [-0.4, -0.2) is 60.2 Å². The van der Waals surface area contributed by atoms with Crippen molar-refractivity contribution in [3.63, 3.8) is 0 Å². The third kappa shape index (κ3) is 5.21. The van der Waals surface area contributed by atoms with Gasteiger partial charge in [0.25, 0.3) is 0 Å². The molecule has 0 aliphatic carbocycles. The van der Waals surface area contributed by atoms with Gasteiger partial charge in [0.1, 0.15) is 11.8 Å². The Morgan fingerprint density at radius 3 is 2.33 bits per heavy atom. The quantitative estimate of drug-likeness (QED) is 0.704. The van der Waals surface area contributed by atoms with Crippen LogP contribution in [-0.2, 0) is 4.79 Å². The zero-order chi connectivity index (χ0) is 17.4. The molecule has 1 aliphatic rings. The molecule has 1 fully saturated rings. The van der Waals surface area contributed by atoms with Crippen molar-refractivity contribution in [2.24, 2.45) is 0 Å². The number of carboxylic acid groups (broad SMARTS) is 1. The van der Waals surface area contributed by atoms with Crippen molar-refractivity contribution in [3.8, 4) is 5.75 Å². The van der Waals surface area contributed by atoms with E-state index in [9.17, 15) is 9.90 Å². The van der Waals surface area contributed by atoms with E-state index in [0.717, 1.165) is 50.5 Å². The second-order valence-electron chi connectivity index (χ2n) is 6.34. The zero-order valence-corrected chi connectivity index (χ0v) is 14.9. The van der Waals surface area contributed by atoms with Gasteiger partial charge in [0.2, 0.25) is 0 Å². The minimum Gasteiger partial charge on any atom is -0.494 e. The summed E-state index contributed by atoms with van der Waals surface area (Å²) in [6.07, 6.45) is 3.40. The van der Waals surface area contributed by atoms with Crippen molar-refractivity contribution in [2.75, 3.05) is 39.3 Å². The molecule has 1 aliphatic heterocycles. The van der Waals surface area contributed by atoms with Crippen LogP contribution in [0, 0.1) is 0 Å². The molecule has 1 saturated heterocycles. The summed E-state index contributed by atoms with van der Waals surface area (Å²) in [5.74, 6) is 0.0337. The molecular formula is C19H30N2O3. The number of rotatable bonds is 9. The summed E-state index contributed by atoms with van der Waals surface area (Å²) in [6, 6.07) is 6.98. The number of benzene rings is 1. The number of aliphatic carboxylic acids is 1. The maximum atomic E-state index is 11.8. The van der Waals surface area contributed by atoms with Gasteiger partial charge < -0.3 is 14.7 Å². The average molecular weight is 334 g/mol. The van der Waals surface area contributed by atoms with Crippen molar-refractivity contribution in [1.82, 2.24) is 9.80 Å². The zero-order valence-electron chi connectivity index (χ0n) is 14.9. The number of piperazine rings is 1. The highest BCUT2D eigenvalue weighted by molar-refractivity contribution is 5.75. The van der Waals surface area contributed by atoms with Crippen molar-refractivity contribution in [3.05, 3.63) is 29.8 Å². The maximum Gasteiger partial charge on any atom is 0.325 e. The fourth-order valence-electron chi connectivity index (χ4n) is 3.14. The number of likely N-dealkylation sites (N-methyl/N-ethyl adjacent to an activating group) is 1. The van der Waals surface area contributed by atoms with Gasteiger partial charge in [-0.3, -0.25) is 9.69 Å². The Kier molecular flexibility index (Phi) is 7.53. The molecule has 1 unspecified atom stereocenters. The molecular weight excluding hydrogens is 304 g/mol. The first-order chi connectivity index (χ1) is 11.7. The highest BCUT2D eigenvalue weighted by atomic mass is 16.5. The van der Waals surface area contributed by atoms with Gasteiger partial charge in [0.05, 0.1) is 6.61 Å². The number of carboxylic acids is 1. The lowest BCUT2D eigenvalue weighted by Crippen LogP contribution is -2.49. The topological polar surface area (TPSA) is 53.0 Å². The number of unbranched alkanes of at least 4 members (excludes halogenated alkanes) is 2. The molecule has 0 saturated carbocycles.